The van der Waals surface area contributed by atoms with Crippen LogP contribution in [0, 0.1) is 5.82 Å². The quantitative estimate of drug-likeness (QED) is 0.405. The Hall–Kier alpha value is -2.94. The van der Waals surface area contributed by atoms with E-state index in [0.29, 0.717) is 10.0 Å². The topological polar surface area (TPSA) is 111 Å². The molecule has 2 rings (SSSR count). The molecule has 0 spiro atoms. The van der Waals surface area contributed by atoms with Crippen molar-refractivity contribution in [2.45, 2.75) is 0 Å². The molecule has 0 saturated carbocycles. The lowest BCUT2D eigenvalue weighted by molar-refractivity contribution is -0.125. The van der Waals surface area contributed by atoms with Gasteiger partial charge in [-0.3, -0.25) is 20.4 Å². The van der Waals surface area contributed by atoms with E-state index >= 15 is 0 Å². The predicted molar refractivity (Wildman–Crippen MR) is 90.8 cm³/mol. The fraction of sp³-hybridized carbons (Fsp3) is 0.0625. The van der Waals surface area contributed by atoms with E-state index in [1.807, 2.05) is 0 Å². The second-order valence-corrected chi connectivity index (χ2v) is 5.64. The van der Waals surface area contributed by atoms with Gasteiger partial charge in [-0.05, 0) is 46.3 Å². The lowest BCUT2D eigenvalue weighted by Crippen LogP contribution is -2.43. The van der Waals surface area contributed by atoms with E-state index in [1.54, 1.807) is 24.3 Å². The number of rotatable bonds is 4. The van der Waals surface area contributed by atoms with Gasteiger partial charge in [-0.2, -0.15) is 0 Å². The highest BCUT2D eigenvalue weighted by Crippen LogP contribution is 2.15. The average Bonchev–Trinajstić information content (AvgIpc) is 2.58. The van der Waals surface area contributed by atoms with Crippen molar-refractivity contribution in [3.05, 3.63) is 63.9 Å². The second-order valence-electron chi connectivity index (χ2n) is 4.79. The molecule has 2 amide bonds. The monoisotopic (exact) mass is 409 g/mol. The molecule has 25 heavy (non-hydrogen) atoms. The number of nitrogen functional groups attached to an aromatic ring is 1. The van der Waals surface area contributed by atoms with Crippen molar-refractivity contribution in [2.75, 3.05) is 12.3 Å². The highest BCUT2D eigenvalue weighted by molar-refractivity contribution is 9.10. The van der Waals surface area contributed by atoms with Crippen molar-refractivity contribution in [1.82, 2.24) is 10.9 Å². The third-order valence-electron chi connectivity index (χ3n) is 3.00. The molecule has 2 aromatic rings. The summed E-state index contributed by atoms with van der Waals surface area (Å²) in [4.78, 5) is 35.3. The Morgan fingerprint density at radius 2 is 1.80 bits per heavy atom. The number of carbonyl (C=O) groups is 3. The third-order valence-corrected chi connectivity index (χ3v) is 3.69. The first-order valence-corrected chi connectivity index (χ1v) is 7.73. The lowest BCUT2D eigenvalue weighted by Gasteiger charge is -2.09. The van der Waals surface area contributed by atoms with E-state index in [9.17, 15) is 18.8 Å². The van der Waals surface area contributed by atoms with Gasteiger partial charge in [0.25, 0.3) is 11.8 Å². The Morgan fingerprint density at radius 3 is 2.48 bits per heavy atom. The molecule has 0 heterocycles. The number of hydrogen-bond acceptors (Lipinski definition) is 5. The van der Waals surface area contributed by atoms with Crippen LogP contribution in [0.5, 0.6) is 0 Å². The third kappa shape index (κ3) is 5.01. The molecule has 7 nitrogen and oxygen atoms in total. The van der Waals surface area contributed by atoms with Gasteiger partial charge in [0.1, 0.15) is 5.82 Å². The van der Waals surface area contributed by atoms with Crippen LogP contribution in [-0.4, -0.2) is 24.4 Å². The molecule has 0 aromatic heterocycles. The van der Waals surface area contributed by atoms with Gasteiger partial charge in [-0.1, -0.05) is 12.1 Å². The summed E-state index contributed by atoms with van der Waals surface area (Å²) in [6.45, 7) is -0.647. The van der Waals surface area contributed by atoms with E-state index in [0.717, 1.165) is 18.2 Å². The van der Waals surface area contributed by atoms with Gasteiger partial charge in [0.2, 0.25) is 0 Å². The summed E-state index contributed by atoms with van der Waals surface area (Å²) in [6, 6.07) is 9.80. The highest BCUT2D eigenvalue weighted by atomic mass is 79.9. The van der Waals surface area contributed by atoms with Crippen LogP contribution in [0.25, 0.3) is 0 Å². The summed E-state index contributed by atoms with van der Waals surface area (Å²) in [7, 11) is 0. The van der Waals surface area contributed by atoms with Crippen LogP contribution in [0.2, 0.25) is 0 Å². The molecule has 4 N–H and O–H groups in total. The van der Waals surface area contributed by atoms with Crippen LogP contribution < -0.4 is 16.6 Å². The van der Waals surface area contributed by atoms with Crippen molar-refractivity contribution in [2.24, 2.45) is 0 Å². The number of hydrazine groups is 1. The summed E-state index contributed by atoms with van der Waals surface area (Å²) in [6.07, 6.45) is 0. The van der Waals surface area contributed by atoms with Crippen molar-refractivity contribution in [3.8, 4) is 0 Å². The smallest absolute Gasteiger partial charge is 0.340 e. The minimum atomic E-state index is -0.884. The summed E-state index contributed by atoms with van der Waals surface area (Å²) in [5, 5.41) is 0. The van der Waals surface area contributed by atoms with E-state index in [2.05, 4.69) is 26.8 Å². The molecule has 0 radical (unpaired) electrons. The molecule has 0 aliphatic rings. The number of anilines is 1. The minimum absolute atomic E-state index is 0.0635. The molecule has 0 fully saturated rings. The largest absolute Gasteiger partial charge is 0.452 e. The number of ether oxygens (including phenoxy) is 1. The Labute approximate surface area is 150 Å². The average molecular weight is 410 g/mol. The molecule has 0 saturated heterocycles. The lowest BCUT2D eigenvalue weighted by atomic mass is 10.2. The van der Waals surface area contributed by atoms with Gasteiger partial charge in [0.15, 0.2) is 6.61 Å². The van der Waals surface area contributed by atoms with E-state index < -0.39 is 30.2 Å². The van der Waals surface area contributed by atoms with Crippen molar-refractivity contribution < 1.29 is 23.5 Å². The number of amides is 2. The van der Waals surface area contributed by atoms with E-state index in [4.69, 9.17) is 10.5 Å². The zero-order chi connectivity index (χ0) is 18.4. The molecule has 2 aromatic carbocycles. The van der Waals surface area contributed by atoms with Gasteiger partial charge >= 0.3 is 5.97 Å². The van der Waals surface area contributed by atoms with Gasteiger partial charge in [0, 0.05) is 10.2 Å². The summed E-state index contributed by atoms with van der Waals surface area (Å²) >= 11 is 3.21. The molecule has 130 valence electrons. The first-order valence-electron chi connectivity index (χ1n) is 6.94. The number of esters is 1. The summed E-state index contributed by atoms with van der Waals surface area (Å²) in [5.41, 5.74) is 9.95. The summed E-state index contributed by atoms with van der Waals surface area (Å²) < 4.78 is 18.2. The van der Waals surface area contributed by atoms with Crippen LogP contribution in [0.1, 0.15) is 20.7 Å². The number of benzene rings is 2. The normalized spacial score (nSPS) is 10.0. The Bertz CT molecular complexity index is 829. The predicted octanol–water partition coefficient (Wildman–Crippen LogP) is 1.79. The second kappa shape index (κ2) is 8.25. The maximum Gasteiger partial charge on any atom is 0.340 e. The Balaban J connectivity index is 1.83. The maximum atomic E-state index is 12.9. The first-order chi connectivity index (χ1) is 11.9. The maximum absolute atomic E-state index is 12.9. The molecule has 0 atom stereocenters. The van der Waals surface area contributed by atoms with Gasteiger partial charge in [-0.15, -0.1) is 0 Å². The van der Waals surface area contributed by atoms with Gasteiger partial charge in [-0.25, -0.2) is 9.18 Å². The highest BCUT2D eigenvalue weighted by Gasteiger charge is 2.15. The van der Waals surface area contributed by atoms with Gasteiger partial charge in [0.05, 0.1) is 11.1 Å². The number of hydrogen-bond donors (Lipinski definition) is 3. The number of nitrogens with two attached hydrogens (primary N) is 1. The molecule has 0 aliphatic carbocycles. The van der Waals surface area contributed by atoms with Crippen LogP contribution in [0.4, 0.5) is 10.1 Å². The molecular formula is C16H13BrFN3O4. The van der Waals surface area contributed by atoms with Crippen molar-refractivity contribution >= 4 is 39.4 Å². The van der Waals surface area contributed by atoms with E-state index in [-0.39, 0.29) is 11.3 Å². The van der Waals surface area contributed by atoms with E-state index in [1.165, 1.54) is 0 Å². The Kier molecular flexibility index (Phi) is 6.07. The standard InChI is InChI=1S/C16H13BrFN3O4/c17-12-4-2-1-3-10(12)15(23)21-20-14(22)8-25-16(24)11-6-5-9(18)7-13(11)19/h1-7H,8,19H2,(H,20,22)(H,21,23). The first kappa shape index (κ1) is 18.4. The summed E-state index contributed by atoms with van der Waals surface area (Å²) in [5.74, 6) is -2.78. The fourth-order valence-corrected chi connectivity index (χ4v) is 2.27. The SMILES string of the molecule is Nc1cc(F)ccc1C(=O)OCC(=O)NNC(=O)c1ccccc1Br. The molecular weight excluding hydrogens is 397 g/mol. The van der Waals surface area contributed by atoms with Gasteiger partial charge < -0.3 is 10.5 Å². The number of halogens is 2. The van der Waals surface area contributed by atoms with Crippen LogP contribution in [0.15, 0.2) is 46.9 Å². The fourth-order valence-electron chi connectivity index (χ4n) is 1.80. The molecule has 0 bridgehead atoms. The zero-order valence-electron chi connectivity index (χ0n) is 12.7. The van der Waals surface area contributed by atoms with Crippen LogP contribution >= 0.6 is 15.9 Å². The molecule has 0 unspecified atom stereocenters. The van der Waals surface area contributed by atoms with Crippen molar-refractivity contribution in [1.29, 1.82) is 0 Å². The van der Waals surface area contributed by atoms with Crippen molar-refractivity contribution in [3.63, 3.8) is 0 Å². The number of nitrogens with one attached hydrogen (secondary N) is 2. The zero-order valence-corrected chi connectivity index (χ0v) is 14.3. The number of carbonyl (C=O) groups excluding carboxylic acids is 3. The minimum Gasteiger partial charge on any atom is -0.452 e. The molecule has 9 heteroatoms. The Morgan fingerprint density at radius 1 is 1.08 bits per heavy atom. The van der Waals surface area contributed by atoms with Crippen LogP contribution in [-0.2, 0) is 9.53 Å². The van der Waals surface area contributed by atoms with Crippen LogP contribution in [0.3, 0.4) is 0 Å². The molecule has 0 aliphatic heterocycles.